The fourth-order valence-electron chi connectivity index (χ4n) is 2.61. The van der Waals surface area contributed by atoms with Crippen LogP contribution >= 0.6 is 0 Å². The molecule has 0 aliphatic carbocycles. The predicted octanol–water partition coefficient (Wildman–Crippen LogP) is 4.50. The van der Waals surface area contributed by atoms with Crippen LogP contribution in [0.5, 0.6) is 0 Å². The number of aromatic amines is 1. The van der Waals surface area contributed by atoms with Gasteiger partial charge in [0.05, 0.1) is 0 Å². The summed E-state index contributed by atoms with van der Waals surface area (Å²) in [6, 6.07) is 8.30. The van der Waals surface area contributed by atoms with Crippen LogP contribution in [-0.2, 0) is 11.2 Å². The average Bonchev–Trinajstić information content (AvgIpc) is 2.85. The Morgan fingerprint density at radius 1 is 1.26 bits per heavy atom. The Morgan fingerprint density at radius 3 is 2.79 bits per heavy atom. The molecule has 0 fully saturated rings. The zero-order valence-electron chi connectivity index (χ0n) is 11.9. The van der Waals surface area contributed by atoms with E-state index in [0.717, 1.165) is 37.6 Å². The van der Waals surface area contributed by atoms with Crippen molar-refractivity contribution in [3.8, 4) is 0 Å². The molecule has 1 N–H and O–H groups in total. The number of para-hydroxylation sites is 1. The molecule has 0 spiro atoms. The predicted molar refractivity (Wildman–Crippen MR) is 80.3 cm³/mol. The van der Waals surface area contributed by atoms with Crippen molar-refractivity contribution in [3.05, 3.63) is 36.0 Å². The van der Waals surface area contributed by atoms with E-state index in [4.69, 9.17) is 0 Å². The molecule has 19 heavy (non-hydrogen) atoms. The Kier molecular flexibility index (Phi) is 4.78. The van der Waals surface area contributed by atoms with Crippen LogP contribution in [0.2, 0.25) is 0 Å². The van der Waals surface area contributed by atoms with Crippen LogP contribution in [0.3, 0.4) is 0 Å². The van der Waals surface area contributed by atoms with Crippen molar-refractivity contribution >= 4 is 16.7 Å². The molecular formula is C17H23NO. The van der Waals surface area contributed by atoms with Gasteiger partial charge in [0.15, 0.2) is 0 Å². The Balaban J connectivity index is 2.11. The molecule has 0 aliphatic rings. The summed E-state index contributed by atoms with van der Waals surface area (Å²) in [6.07, 6.45) is 6.70. The largest absolute Gasteiger partial charge is 0.361 e. The first kappa shape index (κ1) is 13.9. The first-order valence-electron chi connectivity index (χ1n) is 7.34. The summed E-state index contributed by atoms with van der Waals surface area (Å²) in [5.41, 5.74) is 2.43. The average molecular weight is 257 g/mol. The van der Waals surface area contributed by atoms with Crippen molar-refractivity contribution in [2.75, 3.05) is 0 Å². The van der Waals surface area contributed by atoms with E-state index >= 15 is 0 Å². The summed E-state index contributed by atoms with van der Waals surface area (Å²) in [5.74, 6) is 0.598. The van der Waals surface area contributed by atoms with E-state index in [1.54, 1.807) is 0 Å². The van der Waals surface area contributed by atoms with Gasteiger partial charge in [-0.15, -0.1) is 0 Å². The molecule has 1 aromatic heterocycles. The first-order valence-corrected chi connectivity index (χ1v) is 7.34. The maximum absolute atomic E-state index is 12.2. The maximum Gasteiger partial charge on any atom is 0.136 e. The summed E-state index contributed by atoms with van der Waals surface area (Å²) in [5, 5.41) is 1.25. The normalized spacial score (nSPS) is 12.7. The van der Waals surface area contributed by atoms with Crippen LogP contribution in [0.4, 0.5) is 0 Å². The van der Waals surface area contributed by atoms with Gasteiger partial charge in [-0.1, -0.05) is 38.5 Å². The van der Waals surface area contributed by atoms with Crippen LogP contribution in [0.25, 0.3) is 10.9 Å². The Bertz CT molecular complexity index is 541. The number of carbonyl (C=O) groups excluding carboxylic acids is 1. The highest BCUT2D eigenvalue weighted by Crippen LogP contribution is 2.23. The number of aromatic nitrogens is 1. The quantitative estimate of drug-likeness (QED) is 0.778. The molecule has 1 unspecified atom stereocenters. The van der Waals surface area contributed by atoms with Gasteiger partial charge in [-0.3, -0.25) is 4.79 Å². The Labute approximate surface area is 115 Å². The van der Waals surface area contributed by atoms with Crippen molar-refractivity contribution in [2.24, 2.45) is 5.92 Å². The SMILES string of the molecule is CCCCC(=O)C(CC)Cc1c[nH]c2ccccc12. The topological polar surface area (TPSA) is 32.9 Å². The number of benzene rings is 1. The number of hydrogen-bond acceptors (Lipinski definition) is 1. The van der Waals surface area contributed by atoms with Gasteiger partial charge in [0.1, 0.15) is 5.78 Å². The second-order valence-corrected chi connectivity index (χ2v) is 5.24. The maximum atomic E-state index is 12.2. The fourth-order valence-corrected chi connectivity index (χ4v) is 2.61. The highest BCUT2D eigenvalue weighted by Gasteiger charge is 2.17. The molecule has 0 radical (unpaired) electrons. The molecule has 0 saturated heterocycles. The number of carbonyl (C=O) groups is 1. The number of ketones is 1. The van der Waals surface area contributed by atoms with Crippen LogP contribution in [0, 0.1) is 5.92 Å². The third kappa shape index (κ3) is 3.25. The molecule has 0 aliphatic heterocycles. The lowest BCUT2D eigenvalue weighted by molar-refractivity contribution is -0.123. The summed E-state index contributed by atoms with van der Waals surface area (Å²) in [6.45, 7) is 4.25. The van der Waals surface area contributed by atoms with Crippen molar-refractivity contribution < 1.29 is 4.79 Å². The molecule has 102 valence electrons. The highest BCUT2D eigenvalue weighted by molar-refractivity contribution is 5.85. The number of fused-ring (bicyclic) bond motifs is 1. The monoisotopic (exact) mass is 257 g/mol. The van der Waals surface area contributed by atoms with Gasteiger partial charge < -0.3 is 4.98 Å². The van der Waals surface area contributed by atoms with Crippen molar-refractivity contribution in [1.29, 1.82) is 0 Å². The van der Waals surface area contributed by atoms with E-state index in [1.807, 2.05) is 6.07 Å². The first-order chi connectivity index (χ1) is 9.26. The van der Waals surface area contributed by atoms with Crippen LogP contribution in [-0.4, -0.2) is 10.8 Å². The third-order valence-corrected chi connectivity index (χ3v) is 3.87. The van der Waals surface area contributed by atoms with Crippen molar-refractivity contribution in [2.45, 2.75) is 46.0 Å². The van der Waals surface area contributed by atoms with Gasteiger partial charge in [0, 0.05) is 29.4 Å². The molecule has 2 heteroatoms. The van der Waals surface area contributed by atoms with Crippen LogP contribution in [0.15, 0.2) is 30.5 Å². The number of rotatable bonds is 7. The van der Waals surface area contributed by atoms with E-state index in [-0.39, 0.29) is 5.92 Å². The zero-order valence-corrected chi connectivity index (χ0v) is 11.9. The highest BCUT2D eigenvalue weighted by atomic mass is 16.1. The zero-order chi connectivity index (χ0) is 13.7. The number of Topliss-reactive ketones (excluding diaryl/α,β-unsaturated/α-hetero) is 1. The molecule has 0 saturated carbocycles. The Morgan fingerprint density at radius 2 is 2.05 bits per heavy atom. The molecular weight excluding hydrogens is 234 g/mol. The van der Waals surface area contributed by atoms with E-state index in [0.29, 0.717) is 5.78 Å². The van der Waals surface area contributed by atoms with Crippen LogP contribution in [0.1, 0.15) is 45.1 Å². The van der Waals surface area contributed by atoms with Crippen LogP contribution < -0.4 is 0 Å². The molecule has 2 nitrogen and oxygen atoms in total. The van der Waals surface area contributed by atoms with Crippen molar-refractivity contribution in [3.63, 3.8) is 0 Å². The summed E-state index contributed by atoms with van der Waals surface area (Å²) < 4.78 is 0. The Hall–Kier alpha value is -1.57. The van der Waals surface area contributed by atoms with Gasteiger partial charge in [0.25, 0.3) is 0 Å². The third-order valence-electron chi connectivity index (χ3n) is 3.87. The van der Waals surface area contributed by atoms with Gasteiger partial charge >= 0.3 is 0 Å². The van der Waals surface area contributed by atoms with Gasteiger partial charge in [-0.25, -0.2) is 0 Å². The molecule has 1 aromatic carbocycles. The van der Waals surface area contributed by atoms with Gasteiger partial charge in [0.2, 0.25) is 0 Å². The minimum Gasteiger partial charge on any atom is -0.361 e. The summed E-state index contributed by atoms with van der Waals surface area (Å²) >= 11 is 0. The lowest BCUT2D eigenvalue weighted by Gasteiger charge is -2.13. The lowest BCUT2D eigenvalue weighted by Crippen LogP contribution is -2.16. The molecule has 2 aromatic rings. The lowest BCUT2D eigenvalue weighted by atomic mass is 9.90. The standard InChI is InChI=1S/C17H23NO/c1-3-5-10-17(19)13(4-2)11-14-12-18-16-9-7-6-8-15(14)16/h6-9,12-13,18H,3-5,10-11H2,1-2H3. The number of H-pyrrole nitrogens is 1. The van der Waals surface area contributed by atoms with Gasteiger partial charge in [-0.2, -0.15) is 0 Å². The molecule has 1 atom stereocenters. The summed E-state index contributed by atoms with van der Waals surface area (Å²) in [7, 11) is 0. The molecule has 0 bridgehead atoms. The van der Waals surface area contributed by atoms with E-state index in [9.17, 15) is 4.79 Å². The summed E-state index contributed by atoms with van der Waals surface area (Å²) in [4.78, 5) is 15.5. The van der Waals surface area contributed by atoms with E-state index in [2.05, 4.69) is 43.2 Å². The smallest absolute Gasteiger partial charge is 0.136 e. The number of hydrogen-bond donors (Lipinski definition) is 1. The second kappa shape index (κ2) is 6.55. The van der Waals surface area contributed by atoms with E-state index in [1.165, 1.54) is 10.9 Å². The minimum atomic E-state index is 0.172. The number of nitrogens with one attached hydrogen (secondary N) is 1. The molecule has 1 heterocycles. The molecule has 2 rings (SSSR count). The van der Waals surface area contributed by atoms with Gasteiger partial charge in [-0.05, 0) is 30.9 Å². The van der Waals surface area contributed by atoms with E-state index < -0.39 is 0 Å². The fraction of sp³-hybridized carbons (Fsp3) is 0.471. The molecule has 0 amide bonds. The number of unbranched alkanes of at least 4 members (excludes halogenated alkanes) is 1. The second-order valence-electron chi connectivity index (χ2n) is 5.24. The minimum absolute atomic E-state index is 0.172. The van der Waals surface area contributed by atoms with Crippen molar-refractivity contribution in [1.82, 2.24) is 4.98 Å².